The average Bonchev–Trinajstić information content (AvgIpc) is 2.38. The minimum atomic E-state index is 0.487. The van der Waals surface area contributed by atoms with Crippen molar-refractivity contribution in [1.29, 1.82) is 0 Å². The number of rotatable bonds is 8. The molecule has 19 heavy (non-hydrogen) atoms. The number of hydrogen-bond acceptors (Lipinski definition) is 2. The van der Waals surface area contributed by atoms with Crippen LogP contribution in [0.2, 0.25) is 0 Å². The predicted molar refractivity (Wildman–Crippen MR) is 86.7 cm³/mol. The van der Waals surface area contributed by atoms with Gasteiger partial charge in [-0.15, -0.1) is 0 Å². The number of carbonyl (C=O) groups excluding carboxylic acids is 1. The average molecular weight is 280 g/mol. The molecule has 0 saturated carbocycles. The van der Waals surface area contributed by atoms with Gasteiger partial charge in [0.1, 0.15) is 6.29 Å². The first-order valence-electron chi connectivity index (χ1n) is 7.48. The fourth-order valence-electron chi connectivity index (χ4n) is 2.37. The van der Waals surface area contributed by atoms with Crippen LogP contribution < -0.4 is 0 Å². The van der Waals surface area contributed by atoms with Gasteiger partial charge in [-0.1, -0.05) is 30.2 Å². The maximum Gasteiger partial charge on any atom is 0.121 e. The van der Waals surface area contributed by atoms with Gasteiger partial charge in [-0.25, -0.2) is 0 Å². The molecule has 0 heterocycles. The summed E-state index contributed by atoms with van der Waals surface area (Å²) >= 11 is 1.96. The van der Waals surface area contributed by atoms with Crippen molar-refractivity contribution < 1.29 is 4.79 Å². The Hall–Kier alpha value is -0.500. The van der Waals surface area contributed by atoms with Crippen molar-refractivity contribution in [2.75, 3.05) is 5.75 Å². The molecule has 0 aliphatic heterocycles. The van der Waals surface area contributed by atoms with Crippen molar-refractivity contribution in [3.8, 4) is 0 Å². The van der Waals surface area contributed by atoms with Crippen molar-refractivity contribution in [3.05, 3.63) is 23.3 Å². The van der Waals surface area contributed by atoms with Crippen LogP contribution in [0.25, 0.3) is 0 Å². The molecule has 0 spiro atoms. The van der Waals surface area contributed by atoms with E-state index in [0.717, 1.165) is 12.2 Å². The Morgan fingerprint density at radius 3 is 2.89 bits per heavy atom. The molecular formula is C17H28OS. The first-order valence-corrected chi connectivity index (χ1v) is 8.53. The molecule has 0 fully saturated rings. The molecule has 108 valence electrons. The summed E-state index contributed by atoms with van der Waals surface area (Å²) in [4.78, 5) is 10.4. The Morgan fingerprint density at radius 1 is 1.53 bits per heavy atom. The van der Waals surface area contributed by atoms with Gasteiger partial charge in [-0.2, -0.15) is 11.8 Å². The number of carbonyl (C=O) groups is 1. The highest BCUT2D eigenvalue weighted by Gasteiger charge is 2.15. The van der Waals surface area contributed by atoms with Gasteiger partial charge in [0.05, 0.1) is 0 Å². The lowest BCUT2D eigenvalue weighted by atomic mass is 9.89. The number of allylic oxidation sites excluding steroid dienone is 4. The Bertz CT molecular complexity index is 326. The summed E-state index contributed by atoms with van der Waals surface area (Å²) in [6.45, 7) is 6.49. The van der Waals surface area contributed by atoms with Crippen LogP contribution in [0.5, 0.6) is 0 Å². The smallest absolute Gasteiger partial charge is 0.121 e. The zero-order valence-electron chi connectivity index (χ0n) is 12.7. The fraction of sp³-hybridized carbons (Fsp3) is 0.706. The number of aldehydes is 1. The van der Waals surface area contributed by atoms with E-state index >= 15 is 0 Å². The van der Waals surface area contributed by atoms with E-state index in [1.165, 1.54) is 43.4 Å². The van der Waals surface area contributed by atoms with E-state index in [9.17, 15) is 4.79 Å². The second-order valence-corrected chi connectivity index (χ2v) is 7.34. The molecule has 2 atom stereocenters. The lowest BCUT2D eigenvalue weighted by Gasteiger charge is -2.22. The second-order valence-electron chi connectivity index (χ2n) is 5.87. The van der Waals surface area contributed by atoms with Gasteiger partial charge in [-0.05, 0) is 57.6 Å². The quantitative estimate of drug-likeness (QED) is 0.450. The lowest BCUT2D eigenvalue weighted by molar-refractivity contribution is -0.107. The maximum absolute atomic E-state index is 10.4. The van der Waals surface area contributed by atoms with Crippen LogP contribution in [0.1, 0.15) is 59.3 Å². The maximum atomic E-state index is 10.4. The summed E-state index contributed by atoms with van der Waals surface area (Å²) < 4.78 is 0. The van der Waals surface area contributed by atoms with Crippen LogP contribution in [0.15, 0.2) is 23.3 Å². The molecule has 1 aliphatic carbocycles. The summed E-state index contributed by atoms with van der Waals surface area (Å²) in [5.41, 5.74) is 3.08. The van der Waals surface area contributed by atoms with Crippen LogP contribution >= 0.6 is 11.8 Å². The third-order valence-corrected chi connectivity index (χ3v) is 5.10. The summed E-state index contributed by atoms with van der Waals surface area (Å²) in [5.74, 6) is 2.04. The predicted octanol–water partition coefficient (Wildman–Crippen LogP) is 5.17. The molecule has 1 nitrogen and oxygen atoms in total. The highest BCUT2D eigenvalue weighted by molar-refractivity contribution is 7.99. The van der Waals surface area contributed by atoms with E-state index in [2.05, 4.69) is 32.9 Å². The number of hydrogen-bond donors (Lipinski definition) is 0. The van der Waals surface area contributed by atoms with E-state index in [0.29, 0.717) is 11.7 Å². The molecule has 0 radical (unpaired) electrons. The van der Waals surface area contributed by atoms with Crippen LogP contribution in [-0.2, 0) is 4.79 Å². The third-order valence-electron chi connectivity index (χ3n) is 3.68. The molecule has 0 aromatic rings. The van der Waals surface area contributed by atoms with E-state index in [1.807, 2.05) is 11.8 Å². The van der Waals surface area contributed by atoms with Crippen molar-refractivity contribution >= 4 is 18.0 Å². The summed E-state index contributed by atoms with van der Waals surface area (Å²) in [5, 5.41) is 0.487. The molecule has 0 N–H and O–H groups in total. The van der Waals surface area contributed by atoms with E-state index in [-0.39, 0.29) is 0 Å². The van der Waals surface area contributed by atoms with Gasteiger partial charge in [0.25, 0.3) is 0 Å². The van der Waals surface area contributed by atoms with Gasteiger partial charge >= 0.3 is 0 Å². The lowest BCUT2D eigenvalue weighted by Crippen LogP contribution is -2.11. The van der Waals surface area contributed by atoms with Crippen LogP contribution in [0.3, 0.4) is 0 Å². The van der Waals surface area contributed by atoms with Gasteiger partial charge in [0, 0.05) is 11.7 Å². The molecule has 1 aliphatic rings. The van der Waals surface area contributed by atoms with Crippen LogP contribution in [-0.4, -0.2) is 17.3 Å². The van der Waals surface area contributed by atoms with Gasteiger partial charge in [0.2, 0.25) is 0 Å². The second kappa shape index (κ2) is 9.41. The van der Waals surface area contributed by atoms with Crippen molar-refractivity contribution in [2.24, 2.45) is 5.92 Å². The Kier molecular flexibility index (Phi) is 8.20. The molecule has 0 saturated heterocycles. The Balaban J connectivity index is 2.21. The first-order chi connectivity index (χ1) is 9.11. The Labute approximate surface area is 122 Å². The first kappa shape index (κ1) is 16.6. The van der Waals surface area contributed by atoms with Gasteiger partial charge in [-0.3, -0.25) is 0 Å². The number of thioether (sulfide) groups is 1. The SMILES string of the molecule is CC(C)=CCCC1=CCC(CSC(C)CC=O)CC1. The van der Waals surface area contributed by atoms with Crippen molar-refractivity contribution in [2.45, 2.75) is 64.5 Å². The zero-order chi connectivity index (χ0) is 14.1. The topological polar surface area (TPSA) is 17.1 Å². The molecule has 0 amide bonds. The molecule has 0 aromatic carbocycles. The molecular weight excluding hydrogens is 252 g/mol. The Morgan fingerprint density at radius 2 is 2.32 bits per heavy atom. The zero-order valence-corrected chi connectivity index (χ0v) is 13.5. The fourth-order valence-corrected chi connectivity index (χ4v) is 3.49. The summed E-state index contributed by atoms with van der Waals surface area (Å²) in [6.07, 6.45) is 12.8. The minimum Gasteiger partial charge on any atom is -0.303 e. The molecule has 2 heteroatoms. The molecule has 2 unspecified atom stereocenters. The van der Waals surface area contributed by atoms with E-state index < -0.39 is 0 Å². The van der Waals surface area contributed by atoms with E-state index in [4.69, 9.17) is 0 Å². The van der Waals surface area contributed by atoms with E-state index in [1.54, 1.807) is 5.57 Å². The highest BCUT2D eigenvalue weighted by atomic mass is 32.2. The van der Waals surface area contributed by atoms with Crippen LogP contribution in [0, 0.1) is 5.92 Å². The van der Waals surface area contributed by atoms with Crippen molar-refractivity contribution in [1.82, 2.24) is 0 Å². The third kappa shape index (κ3) is 7.61. The summed E-state index contributed by atoms with van der Waals surface area (Å²) in [7, 11) is 0. The van der Waals surface area contributed by atoms with Gasteiger partial charge < -0.3 is 4.79 Å². The van der Waals surface area contributed by atoms with Crippen LogP contribution in [0.4, 0.5) is 0 Å². The minimum absolute atomic E-state index is 0.487. The molecule has 1 rings (SSSR count). The standard InChI is InChI=1S/C17H28OS/c1-14(2)5-4-6-16-7-9-17(10-8-16)13-19-15(3)11-12-18/h5,7,12,15,17H,4,6,8-11,13H2,1-3H3. The summed E-state index contributed by atoms with van der Waals surface area (Å²) in [6, 6.07) is 0. The van der Waals surface area contributed by atoms with Crippen molar-refractivity contribution in [3.63, 3.8) is 0 Å². The largest absolute Gasteiger partial charge is 0.303 e. The normalized spacial score (nSPS) is 20.6. The molecule has 0 aromatic heterocycles. The molecule has 0 bridgehead atoms. The highest BCUT2D eigenvalue weighted by Crippen LogP contribution is 2.30. The van der Waals surface area contributed by atoms with Gasteiger partial charge in [0.15, 0.2) is 0 Å². The monoisotopic (exact) mass is 280 g/mol.